The van der Waals surface area contributed by atoms with Crippen LogP contribution in [0, 0.1) is 0 Å². The van der Waals surface area contributed by atoms with Crippen LogP contribution in [0.15, 0.2) is 53.4 Å². The molecule has 0 atom stereocenters. The molecule has 0 fully saturated rings. The second-order valence-electron chi connectivity index (χ2n) is 4.95. The number of pyridine rings is 1. The lowest BCUT2D eigenvalue weighted by Crippen LogP contribution is -2.08. The van der Waals surface area contributed by atoms with Crippen LogP contribution in [-0.2, 0) is 6.54 Å². The molecule has 8 heteroatoms. The van der Waals surface area contributed by atoms with Gasteiger partial charge in [-0.15, -0.1) is 0 Å². The van der Waals surface area contributed by atoms with E-state index in [1.807, 2.05) is 36.4 Å². The molecule has 0 unspecified atom stereocenters. The highest BCUT2D eigenvalue weighted by Crippen LogP contribution is 2.25. The van der Waals surface area contributed by atoms with Gasteiger partial charge in [-0.1, -0.05) is 23.7 Å². The zero-order valence-corrected chi connectivity index (χ0v) is 14.8. The van der Waals surface area contributed by atoms with Gasteiger partial charge >= 0.3 is 0 Å². The molecule has 0 aliphatic heterocycles. The van der Waals surface area contributed by atoms with E-state index in [-0.39, 0.29) is 0 Å². The summed E-state index contributed by atoms with van der Waals surface area (Å²) in [7, 11) is 0. The molecule has 0 saturated heterocycles. The lowest BCUT2D eigenvalue weighted by Gasteiger charge is -2.12. The maximum absolute atomic E-state index is 6.14. The minimum Gasteiger partial charge on any atom is -0.393 e. The number of nitrogens with zero attached hydrogens (tertiary/aromatic N) is 3. The number of halogens is 2. The van der Waals surface area contributed by atoms with Gasteiger partial charge in [-0.25, -0.2) is 15.0 Å². The fraction of sp³-hybridized carbons (Fsp3) is 0.0625. The van der Waals surface area contributed by atoms with Crippen molar-refractivity contribution in [2.45, 2.75) is 6.54 Å². The van der Waals surface area contributed by atoms with E-state index in [9.17, 15) is 0 Å². The van der Waals surface area contributed by atoms with E-state index in [4.69, 9.17) is 17.3 Å². The third kappa shape index (κ3) is 4.12. The molecule has 24 heavy (non-hydrogen) atoms. The molecule has 2 aromatic heterocycles. The average Bonchev–Trinajstić information content (AvgIpc) is 2.59. The van der Waals surface area contributed by atoms with Crippen LogP contribution < -0.4 is 16.4 Å². The Morgan fingerprint density at radius 2 is 1.75 bits per heavy atom. The molecule has 0 spiro atoms. The van der Waals surface area contributed by atoms with E-state index < -0.39 is 0 Å². The maximum atomic E-state index is 6.14. The number of benzene rings is 1. The van der Waals surface area contributed by atoms with Crippen molar-refractivity contribution in [2.75, 3.05) is 16.4 Å². The molecule has 3 rings (SSSR count). The summed E-state index contributed by atoms with van der Waals surface area (Å²) in [6, 6.07) is 11.3. The first-order valence-corrected chi connectivity index (χ1v) is 8.26. The summed E-state index contributed by atoms with van der Waals surface area (Å²) in [6.07, 6.45) is 3.14. The van der Waals surface area contributed by atoms with Gasteiger partial charge in [0.1, 0.15) is 17.8 Å². The maximum Gasteiger partial charge on any atom is 0.160 e. The number of nitrogen functional groups attached to an aromatic ring is 1. The van der Waals surface area contributed by atoms with Crippen molar-refractivity contribution in [2.24, 2.45) is 0 Å². The second-order valence-corrected chi connectivity index (χ2v) is 6.30. The fourth-order valence-corrected chi connectivity index (χ4v) is 2.36. The van der Waals surface area contributed by atoms with E-state index >= 15 is 0 Å². The van der Waals surface area contributed by atoms with Crippen molar-refractivity contribution in [1.29, 1.82) is 0 Å². The highest BCUT2D eigenvalue weighted by Gasteiger charge is 2.08. The SMILES string of the molecule is Nc1c(NCc2ccc(Cl)cc2)ncnc1Nc1ccc(Br)cn1. The zero-order valence-electron chi connectivity index (χ0n) is 12.5. The molecule has 0 amide bonds. The number of anilines is 4. The third-order valence-electron chi connectivity index (χ3n) is 3.23. The Morgan fingerprint density at radius 3 is 2.46 bits per heavy atom. The van der Waals surface area contributed by atoms with E-state index in [1.54, 1.807) is 6.20 Å². The zero-order chi connectivity index (χ0) is 16.9. The predicted octanol–water partition coefficient (Wildman–Crippen LogP) is 4.23. The first-order chi connectivity index (χ1) is 11.6. The normalized spacial score (nSPS) is 10.4. The fourth-order valence-electron chi connectivity index (χ4n) is 2.00. The molecule has 1 aromatic carbocycles. The number of nitrogens with two attached hydrogens (primary N) is 1. The third-order valence-corrected chi connectivity index (χ3v) is 3.95. The number of rotatable bonds is 5. The van der Waals surface area contributed by atoms with Crippen LogP contribution in [0.25, 0.3) is 0 Å². The number of hydrogen-bond donors (Lipinski definition) is 3. The summed E-state index contributed by atoms with van der Waals surface area (Å²) in [5.74, 6) is 1.70. The smallest absolute Gasteiger partial charge is 0.160 e. The van der Waals surface area contributed by atoms with Gasteiger partial charge in [-0.2, -0.15) is 0 Å². The highest BCUT2D eigenvalue weighted by atomic mass is 79.9. The standard InChI is InChI=1S/C16H14BrClN6/c17-11-3-6-13(20-8-11)24-16-14(19)15(22-9-23-16)21-7-10-1-4-12(18)5-2-10/h1-6,8-9H,7,19H2,(H2,20,21,22,23,24). The Kier molecular flexibility index (Phi) is 5.12. The Morgan fingerprint density at radius 1 is 1.00 bits per heavy atom. The lowest BCUT2D eigenvalue weighted by atomic mass is 10.2. The summed E-state index contributed by atoms with van der Waals surface area (Å²) in [6.45, 7) is 0.578. The van der Waals surface area contributed by atoms with Crippen molar-refractivity contribution < 1.29 is 0 Å². The molecule has 0 saturated carbocycles. The highest BCUT2D eigenvalue weighted by molar-refractivity contribution is 9.10. The Bertz CT molecular complexity index is 823. The Labute approximate surface area is 152 Å². The molecule has 0 aliphatic rings. The first-order valence-electron chi connectivity index (χ1n) is 7.09. The molecule has 0 bridgehead atoms. The van der Waals surface area contributed by atoms with E-state index in [0.717, 1.165) is 10.0 Å². The van der Waals surface area contributed by atoms with Crippen LogP contribution in [0.3, 0.4) is 0 Å². The summed E-state index contributed by atoms with van der Waals surface area (Å²) in [5, 5.41) is 6.98. The van der Waals surface area contributed by atoms with Crippen molar-refractivity contribution >= 4 is 50.7 Å². The van der Waals surface area contributed by atoms with Gasteiger partial charge in [0.05, 0.1) is 0 Å². The molecule has 6 nitrogen and oxygen atoms in total. The van der Waals surface area contributed by atoms with Gasteiger partial charge in [-0.05, 0) is 45.8 Å². The minimum absolute atomic E-state index is 0.427. The largest absolute Gasteiger partial charge is 0.393 e. The minimum atomic E-state index is 0.427. The van der Waals surface area contributed by atoms with Crippen molar-refractivity contribution in [3.05, 3.63) is 64.0 Å². The van der Waals surface area contributed by atoms with Gasteiger partial charge in [0.25, 0.3) is 0 Å². The first kappa shape index (κ1) is 16.5. The van der Waals surface area contributed by atoms with Crippen molar-refractivity contribution in [3.63, 3.8) is 0 Å². The number of aromatic nitrogens is 3. The number of nitrogens with one attached hydrogen (secondary N) is 2. The molecule has 4 N–H and O–H groups in total. The summed E-state index contributed by atoms with van der Waals surface area (Å²) >= 11 is 9.23. The van der Waals surface area contributed by atoms with Gasteiger partial charge < -0.3 is 16.4 Å². The van der Waals surface area contributed by atoms with Crippen molar-refractivity contribution in [3.8, 4) is 0 Å². The number of hydrogen-bond acceptors (Lipinski definition) is 6. The molecule has 122 valence electrons. The second kappa shape index (κ2) is 7.46. The van der Waals surface area contributed by atoms with Crippen molar-refractivity contribution in [1.82, 2.24) is 15.0 Å². The van der Waals surface area contributed by atoms with Crippen LogP contribution in [0.4, 0.5) is 23.1 Å². The van der Waals surface area contributed by atoms with Crippen LogP contribution in [0.2, 0.25) is 5.02 Å². The van der Waals surface area contributed by atoms with E-state index in [2.05, 4.69) is 41.5 Å². The topological polar surface area (TPSA) is 88.8 Å². The average molecular weight is 406 g/mol. The van der Waals surface area contributed by atoms with Gasteiger partial charge in [0.2, 0.25) is 0 Å². The molecular formula is C16H14BrClN6. The van der Waals surface area contributed by atoms with E-state index in [1.165, 1.54) is 6.33 Å². The van der Waals surface area contributed by atoms with E-state index in [0.29, 0.717) is 34.7 Å². The summed E-state index contributed by atoms with van der Waals surface area (Å²) in [5.41, 5.74) is 7.64. The van der Waals surface area contributed by atoms with Crippen LogP contribution in [0.5, 0.6) is 0 Å². The van der Waals surface area contributed by atoms with Gasteiger partial charge in [-0.3, -0.25) is 0 Å². The molecule has 3 aromatic rings. The monoisotopic (exact) mass is 404 g/mol. The predicted molar refractivity (Wildman–Crippen MR) is 100 cm³/mol. The van der Waals surface area contributed by atoms with Crippen LogP contribution in [-0.4, -0.2) is 15.0 Å². The van der Waals surface area contributed by atoms with Crippen LogP contribution >= 0.6 is 27.5 Å². The molecular weight excluding hydrogens is 392 g/mol. The molecule has 0 aliphatic carbocycles. The quantitative estimate of drug-likeness (QED) is 0.589. The van der Waals surface area contributed by atoms with Gasteiger partial charge in [0.15, 0.2) is 11.6 Å². The molecule has 2 heterocycles. The Hall–Kier alpha value is -2.38. The summed E-state index contributed by atoms with van der Waals surface area (Å²) < 4.78 is 0.897. The Balaban J connectivity index is 1.72. The van der Waals surface area contributed by atoms with Gasteiger partial charge in [0, 0.05) is 22.2 Å². The molecule has 0 radical (unpaired) electrons. The van der Waals surface area contributed by atoms with Crippen LogP contribution in [0.1, 0.15) is 5.56 Å². The summed E-state index contributed by atoms with van der Waals surface area (Å²) in [4.78, 5) is 12.6. The lowest BCUT2D eigenvalue weighted by molar-refractivity contribution is 1.08.